The van der Waals surface area contributed by atoms with Crippen LogP contribution in [-0.4, -0.2) is 5.11 Å². The van der Waals surface area contributed by atoms with Crippen LogP contribution in [0.15, 0.2) is 22.6 Å². The summed E-state index contributed by atoms with van der Waals surface area (Å²) in [6.07, 6.45) is -0.187. The van der Waals surface area contributed by atoms with Gasteiger partial charge in [-0.1, -0.05) is 29.3 Å². The van der Waals surface area contributed by atoms with E-state index in [-0.39, 0.29) is 0 Å². The van der Waals surface area contributed by atoms with Crippen molar-refractivity contribution in [2.24, 2.45) is 0 Å². The molecule has 0 spiro atoms. The molecule has 102 valence electrons. The summed E-state index contributed by atoms with van der Waals surface area (Å²) in [6, 6.07) is 5.30. The lowest BCUT2D eigenvalue weighted by molar-refractivity contribution is 0.176. The molecule has 0 aliphatic carbocycles. The highest BCUT2D eigenvalue weighted by molar-refractivity contribution is 6.35. The van der Waals surface area contributed by atoms with Gasteiger partial charge in [0.1, 0.15) is 11.5 Å². The molecule has 2 nitrogen and oxygen atoms in total. The van der Waals surface area contributed by atoms with E-state index in [1.807, 2.05) is 26.8 Å². The Hall–Kier alpha value is -0.960. The topological polar surface area (TPSA) is 33.4 Å². The van der Waals surface area contributed by atoms with Crippen LogP contribution in [0.25, 0.3) is 0 Å². The Morgan fingerprint density at radius 1 is 1.16 bits per heavy atom. The van der Waals surface area contributed by atoms with Gasteiger partial charge in [-0.05, 0) is 44.0 Å². The Bertz CT molecular complexity index is 602. The van der Waals surface area contributed by atoms with Crippen molar-refractivity contribution in [3.05, 3.63) is 56.5 Å². The fourth-order valence-corrected chi connectivity index (χ4v) is 2.78. The summed E-state index contributed by atoms with van der Waals surface area (Å²) in [5.41, 5.74) is 2.72. The van der Waals surface area contributed by atoms with Crippen LogP contribution < -0.4 is 0 Å². The van der Waals surface area contributed by atoms with E-state index < -0.39 is 6.10 Å². The number of hydrogen-bond acceptors (Lipinski definition) is 2. The van der Waals surface area contributed by atoms with Crippen LogP contribution in [0, 0.1) is 20.8 Å². The zero-order chi connectivity index (χ0) is 14.2. The largest absolute Gasteiger partial charge is 0.466 e. The molecule has 0 aliphatic heterocycles. The predicted molar refractivity (Wildman–Crippen MR) is 78.0 cm³/mol. The van der Waals surface area contributed by atoms with Crippen LogP contribution in [0.1, 0.15) is 34.3 Å². The standard InChI is InChI=1S/C15H16Cl2O2/c1-8-9(2)19-10(3)15(8)14(18)6-11-4-5-12(16)7-13(11)17/h4-5,7,14,18H,6H2,1-3H3. The van der Waals surface area contributed by atoms with Gasteiger partial charge in [-0.2, -0.15) is 0 Å². The second-order valence-electron chi connectivity index (χ2n) is 4.71. The van der Waals surface area contributed by atoms with E-state index >= 15 is 0 Å². The molecule has 0 radical (unpaired) electrons. The average Bonchev–Trinajstić information content (AvgIpc) is 2.57. The highest BCUT2D eigenvalue weighted by atomic mass is 35.5. The third-order valence-electron chi connectivity index (χ3n) is 3.38. The van der Waals surface area contributed by atoms with E-state index in [1.54, 1.807) is 12.1 Å². The summed E-state index contributed by atoms with van der Waals surface area (Å²) in [5.74, 6) is 1.60. The fourth-order valence-electron chi connectivity index (χ4n) is 2.30. The van der Waals surface area contributed by atoms with Crippen molar-refractivity contribution in [1.29, 1.82) is 0 Å². The Labute approximate surface area is 123 Å². The first-order chi connectivity index (χ1) is 8.90. The molecule has 1 unspecified atom stereocenters. The van der Waals surface area contributed by atoms with Gasteiger partial charge < -0.3 is 9.52 Å². The number of rotatable bonds is 3. The molecule has 0 amide bonds. The van der Waals surface area contributed by atoms with Crippen LogP contribution in [0.5, 0.6) is 0 Å². The number of aliphatic hydroxyl groups is 1. The molecule has 2 rings (SSSR count). The molecule has 19 heavy (non-hydrogen) atoms. The minimum absolute atomic E-state index is 0.441. The molecule has 1 N–H and O–H groups in total. The molecule has 1 aromatic heterocycles. The lowest BCUT2D eigenvalue weighted by Gasteiger charge is -2.12. The monoisotopic (exact) mass is 298 g/mol. The van der Waals surface area contributed by atoms with Gasteiger partial charge in [0, 0.05) is 22.0 Å². The molecular weight excluding hydrogens is 283 g/mol. The molecule has 0 saturated carbocycles. The van der Waals surface area contributed by atoms with E-state index in [1.165, 1.54) is 0 Å². The van der Waals surface area contributed by atoms with Crippen molar-refractivity contribution in [1.82, 2.24) is 0 Å². The van der Waals surface area contributed by atoms with Gasteiger partial charge in [-0.15, -0.1) is 0 Å². The van der Waals surface area contributed by atoms with Crippen LogP contribution in [-0.2, 0) is 6.42 Å². The molecule has 2 aromatic rings. The van der Waals surface area contributed by atoms with Gasteiger partial charge in [-0.3, -0.25) is 0 Å². The molecule has 1 atom stereocenters. The van der Waals surface area contributed by atoms with Crippen molar-refractivity contribution in [2.45, 2.75) is 33.3 Å². The highest BCUT2D eigenvalue weighted by Gasteiger charge is 2.20. The lowest BCUT2D eigenvalue weighted by Crippen LogP contribution is -2.04. The third-order valence-corrected chi connectivity index (χ3v) is 3.97. The first-order valence-electron chi connectivity index (χ1n) is 6.08. The molecule has 1 aromatic carbocycles. The van der Waals surface area contributed by atoms with E-state index in [4.69, 9.17) is 27.6 Å². The Morgan fingerprint density at radius 3 is 2.37 bits per heavy atom. The molecular formula is C15H16Cl2O2. The number of aliphatic hydroxyl groups excluding tert-OH is 1. The van der Waals surface area contributed by atoms with E-state index in [2.05, 4.69) is 0 Å². The quantitative estimate of drug-likeness (QED) is 0.884. The van der Waals surface area contributed by atoms with E-state index in [0.717, 1.165) is 28.2 Å². The van der Waals surface area contributed by atoms with Crippen molar-refractivity contribution in [3.8, 4) is 0 Å². The molecule has 1 heterocycles. The number of benzene rings is 1. The molecule has 4 heteroatoms. The highest BCUT2D eigenvalue weighted by Crippen LogP contribution is 2.31. The number of furan rings is 1. The van der Waals surface area contributed by atoms with Crippen LogP contribution >= 0.6 is 23.2 Å². The number of aryl methyl sites for hydroxylation is 2. The maximum Gasteiger partial charge on any atom is 0.107 e. The van der Waals surface area contributed by atoms with E-state index in [9.17, 15) is 5.11 Å². The van der Waals surface area contributed by atoms with Gasteiger partial charge in [0.25, 0.3) is 0 Å². The number of hydrogen-bond donors (Lipinski definition) is 1. The zero-order valence-electron chi connectivity index (χ0n) is 11.1. The first kappa shape index (κ1) is 14.4. The third kappa shape index (κ3) is 2.97. The van der Waals surface area contributed by atoms with Gasteiger partial charge >= 0.3 is 0 Å². The fraction of sp³-hybridized carbons (Fsp3) is 0.333. The number of halogens is 2. The molecule has 0 aliphatic rings. The normalized spacial score (nSPS) is 12.7. The Morgan fingerprint density at radius 2 is 1.84 bits per heavy atom. The minimum atomic E-state index is -0.629. The first-order valence-corrected chi connectivity index (χ1v) is 6.84. The summed E-state index contributed by atoms with van der Waals surface area (Å²) in [7, 11) is 0. The van der Waals surface area contributed by atoms with Gasteiger partial charge in [-0.25, -0.2) is 0 Å². The molecule has 0 bridgehead atoms. The second kappa shape index (κ2) is 5.58. The summed E-state index contributed by atoms with van der Waals surface area (Å²) in [6.45, 7) is 5.71. The van der Waals surface area contributed by atoms with Crippen molar-refractivity contribution in [2.75, 3.05) is 0 Å². The summed E-state index contributed by atoms with van der Waals surface area (Å²) in [4.78, 5) is 0. The van der Waals surface area contributed by atoms with Crippen LogP contribution in [0.3, 0.4) is 0 Å². The average molecular weight is 299 g/mol. The van der Waals surface area contributed by atoms with Crippen LogP contribution in [0.2, 0.25) is 10.0 Å². The lowest BCUT2D eigenvalue weighted by atomic mass is 9.98. The second-order valence-corrected chi connectivity index (χ2v) is 5.55. The minimum Gasteiger partial charge on any atom is -0.466 e. The Balaban J connectivity index is 2.28. The predicted octanol–water partition coefficient (Wildman–Crippen LogP) is 4.79. The van der Waals surface area contributed by atoms with Gasteiger partial charge in [0.2, 0.25) is 0 Å². The zero-order valence-corrected chi connectivity index (χ0v) is 12.6. The van der Waals surface area contributed by atoms with Gasteiger partial charge in [0.15, 0.2) is 0 Å². The Kier molecular flexibility index (Phi) is 4.24. The summed E-state index contributed by atoms with van der Waals surface area (Å²) < 4.78 is 5.54. The van der Waals surface area contributed by atoms with Crippen molar-refractivity contribution in [3.63, 3.8) is 0 Å². The van der Waals surface area contributed by atoms with Crippen molar-refractivity contribution < 1.29 is 9.52 Å². The SMILES string of the molecule is Cc1oc(C)c(C(O)Cc2ccc(Cl)cc2Cl)c1C. The summed E-state index contributed by atoms with van der Waals surface area (Å²) >= 11 is 12.0. The molecule has 0 saturated heterocycles. The molecule has 0 fully saturated rings. The smallest absolute Gasteiger partial charge is 0.107 e. The van der Waals surface area contributed by atoms with E-state index in [0.29, 0.717) is 16.5 Å². The summed E-state index contributed by atoms with van der Waals surface area (Å²) in [5, 5.41) is 11.6. The maximum atomic E-state index is 10.4. The van der Waals surface area contributed by atoms with Crippen molar-refractivity contribution >= 4 is 23.2 Å². The van der Waals surface area contributed by atoms with Gasteiger partial charge in [0.05, 0.1) is 6.10 Å². The maximum absolute atomic E-state index is 10.4. The van der Waals surface area contributed by atoms with Crippen LogP contribution in [0.4, 0.5) is 0 Å².